The van der Waals surface area contributed by atoms with E-state index in [4.69, 9.17) is 10.5 Å². The number of carbonyl (C=O) groups is 1. The summed E-state index contributed by atoms with van der Waals surface area (Å²) in [6, 6.07) is 3.40. The van der Waals surface area contributed by atoms with Crippen molar-refractivity contribution in [2.24, 2.45) is 0 Å². The van der Waals surface area contributed by atoms with Crippen LogP contribution in [0.1, 0.15) is 23.1 Å². The SMILES string of the molecule is CCOC(=O)c1nc(C)ccc1N. The molecule has 4 heteroatoms. The molecule has 0 aliphatic rings. The number of aromatic nitrogens is 1. The van der Waals surface area contributed by atoms with Gasteiger partial charge in [-0.3, -0.25) is 0 Å². The normalized spacial score (nSPS) is 9.69. The molecule has 0 radical (unpaired) electrons. The first kappa shape index (κ1) is 9.51. The Bertz CT molecular complexity index is 323. The maximum Gasteiger partial charge on any atom is 0.359 e. The molecule has 0 saturated carbocycles. The van der Waals surface area contributed by atoms with Crippen LogP contribution in [0.3, 0.4) is 0 Å². The lowest BCUT2D eigenvalue weighted by molar-refractivity contribution is 0.0520. The van der Waals surface area contributed by atoms with E-state index >= 15 is 0 Å². The number of pyridine rings is 1. The van der Waals surface area contributed by atoms with E-state index in [2.05, 4.69) is 4.98 Å². The Morgan fingerprint density at radius 1 is 1.62 bits per heavy atom. The van der Waals surface area contributed by atoms with Crippen molar-refractivity contribution in [2.45, 2.75) is 13.8 Å². The molecule has 13 heavy (non-hydrogen) atoms. The summed E-state index contributed by atoms with van der Waals surface area (Å²) in [6.07, 6.45) is 0. The fourth-order valence-corrected chi connectivity index (χ4v) is 0.930. The number of anilines is 1. The van der Waals surface area contributed by atoms with Gasteiger partial charge in [-0.1, -0.05) is 0 Å². The van der Waals surface area contributed by atoms with Gasteiger partial charge in [0.15, 0.2) is 5.69 Å². The van der Waals surface area contributed by atoms with Crippen LogP contribution in [0.15, 0.2) is 12.1 Å². The van der Waals surface area contributed by atoms with E-state index in [0.29, 0.717) is 12.3 Å². The first-order valence-electron chi connectivity index (χ1n) is 4.05. The van der Waals surface area contributed by atoms with Crippen LogP contribution in [0.25, 0.3) is 0 Å². The lowest BCUT2D eigenvalue weighted by Gasteiger charge is -2.04. The fourth-order valence-electron chi connectivity index (χ4n) is 0.930. The van der Waals surface area contributed by atoms with Gasteiger partial charge in [0.25, 0.3) is 0 Å². The zero-order valence-electron chi connectivity index (χ0n) is 7.70. The smallest absolute Gasteiger partial charge is 0.359 e. The molecule has 0 aliphatic carbocycles. The predicted molar refractivity (Wildman–Crippen MR) is 49.3 cm³/mol. The molecule has 1 aromatic rings. The molecule has 1 heterocycles. The minimum absolute atomic E-state index is 0.196. The highest BCUT2D eigenvalue weighted by molar-refractivity contribution is 5.92. The third-order valence-corrected chi connectivity index (χ3v) is 1.53. The molecular weight excluding hydrogens is 168 g/mol. The van der Waals surface area contributed by atoms with Gasteiger partial charge in [-0.05, 0) is 26.0 Å². The second-order valence-corrected chi connectivity index (χ2v) is 2.61. The van der Waals surface area contributed by atoms with Crippen LogP contribution in [-0.2, 0) is 4.74 Å². The van der Waals surface area contributed by atoms with Crippen molar-refractivity contribution in [1.29, 1.82) is 0 Å². The Hall–Kier alpha value is -1.58. The van der Waals surface area contributed by atoms with Crippen LogP contribution in [0, 0.1) is 6.92 Å². The molecule has 0 bridgehead atoms. The summed E-state index contributed by atoms with van der Waals surface area (Å²) >= 11 is 0. The molecule has 4 nitrogen and oxygen atoms in total. The van der Waals surface area contributed by atoms with Gasteiger partial charge in [0.1, 0.15) is 0 Å². The highest BCUT2D eigenvalue weighted by Crippen LogP contribution is 2.10. The molecule has 0 aliphatic heterocycles. The van der Waals surface area contributed by atoms with E-state index in [-0.39, 0.29) is 5.69 Å². The molecule has 0 amide bonds. The lowest BCUT2D eigenvalue weighted by atomic mass is 10.2. The first-order chi connectivity index (χ1) is 6.15. The average Bonchev–Trinajstić information content (AvgIpc) is 2.09. The van der Waals surface area contributed by atoms with Gasteiger partial charge in [0.2, 0.25) is 0 Å². The minimum Gasteiger partial charge on any atom is -0.461 e. The van der Waals surface area contributed by atoms with E-state index in [1.807, 2.05) is 0 Å². The summed E-state index contributed by atoms with van der Waals surface area (Å²) in [6.45, 7) is 3.86. The Balaban J connectivity index is 2.99. The van der Waals surface area contributed by atoms with Crippen LogP contribution in [0.5, 0.6) is 0 Å². The highest BCUT2D eigenvalue weighted by Gasteiger charge is 2.11. The Morgan fingerprint density at radius 3 is 2.92 bits per heavy atom. The van der Waals surface area contributed by atoms with E-state index in [9.17, 15) is 4.79 Å². The topological polar surface area (TPSA) is 65.2 Å². The second kappa shape index (κ2) is 3.89. The van der Waals surface area contributed by atoms with Gasteiger partial charge >= 0.3 is 5.97 Å². The zero-order valence-corrected chi connectivity index (χ0v) is 7.70. The van der Waals surface area contributed by atoms with Gasteiger partial charge in [0, 0.05) is 5.69 Å². The number of nitrogen functional groups attached to an aromatic ring is 1. The van der Waals surface area contributed by atoms with Crippen molar-refractivity contribution in [1.82, 2.24) is 4.98 Å². The molecule has 1 aromatic heterocycles. The second-order valence-electron chi connectivity index (χ2n) is 2.61. The van der Waals surface area contributed by atoms with Crippen molar-refractivity contribution >= 4 is 11.7 Å². The highest BCUT2D eigenvalue weighted by atomic mass is 16.5. The van der Waals surface area contributed by atoms with Gasteiger partial charge in [-0.15, -0.1) is 0 Å². The van der Waals surface area contributed by atoms with Crippen LogP contribution in [0.4, 0.5) is 5.69 Å². The van der Waals surface area contributed by atoms with Gasteiger partial charge < -0.3 is 10.5 Å². The number of aryl methyl sites for hydroxylation is 1. The molecular formula is C9H12N2O2. The summed E-state index contributed by atoms with van der Waals surface area (Å²) < 4.78 is 4.78. The number of hydrogen-bond acceptors (Lipinski definition) is 4. The largest absolute Gasteiger partial charge is 0.461 e. The molecule has 70 valence electrons. The van der Waals surface area contributed by atoms with Crippen molar-refractivity contribution in [3.8, 4) is 0 Å². The van der Waals surface area contributed by atoms with Crippen molar-refractivity contribution in [3.63, 3.8) is 0 Å². The number of hydrogen-bond donors (Lipinski definition) is 1. The molecule has 1 rings (SSSR count). The first-order valence-corrected chi connectivity index (χ1v) is 4.05. The Labute approximate surface area is 76.7 Å². The minimum atomic E-state index is -0.469. The number of nitrogens with zero attached hydrogens (tertiary/aromatic N) is 1. The molecule has 0 spiro atoms. The monoisotopic (exact) mass is 180 g/mol. The van der Waals surface area contributed by atoms with Gasteiger partial charge in [-0.2, -0.15) is 0 Å². The van der Waals surface area contributed by atoms with Crippen molar-refractivity contribution in [2.75, 3.05) is 12.3 Å². The lowest BCUT2D eigenvalue weighted by Crippen LogP contribution is -2.10. The molecule has 0 aromatic carbocycles. The van der Waals surface area contributed by atoms with E-state index in [1.165, 1.54) is 0 Å². The van der Waals surface area contributed by atoms with Crippen LogP contribution in [0.2, 0.25) is 0 Å². The Kier molecular flexibility index (Phi) is 2.84. The third-order valence-electron chi connectivity index (χ3n) is 1.53. The maximum atomic E-state index is 11.3. The third kappa shape index (κ3) is 2.18. The van der Waals surface area contributed by atoms with Crippen LogP contribution >= 0.6 is 0 Å². The van der Waals surface area contributed by atoms with E-state index < -0.39 is 5.97 Å². The van der Waals surface area contributed by atoms with E-state index in [0.717, 1.165) is 5.69 Å². The van der Waals surface area contributed by atoms with Crippen molar-refractivity contribution < 1.29 is 9.53 Å². The summed E-state index contributed by atoms with van der Waals surface area (Å²) in [5, 5.41) is 0. The molecule has 2 N–H and O–H groups in total. The average molecular weight is 180 g/mol. The summed E-state index contributed by atoms with van der Waals surface area (Å²) in [7, 11) is 0. The molecule has 0 saturated heterocycles. The zero-order chi connectivity index (χ0) is 9.84. The van der Waals surface area contributed by atoms with Gasteiger partial charge in [0.05, 0.1) is 12.3 Å². The van der Waals surface area contributed by atoms with Crippen molar-refractivity contribution in [3.05, 3.63) is 23.5 Å². The standard InChI is InChI=1S/C9H12N2O2/c1-3-13-9(12)8-7(10)5-4-6(2)11-8/h4-5H,3,10H2,1-2H3. The number of carbonyl (C=O) groups excluding carboxylic acids is 1. The summed E-state index contributed by atoms with van der Waals surface area (Å²) in [4.78, 5) is 15.2. The fraction of sp³-hybridized carbons (Fsp3) is 0.333. The summed E-state index contributed by atoms with van der Waals surface area (Å²) in [5.41, 5.74) is 6.85. The van der Waals surface area contributed by atoms with Crippen LogP contribution in [-0.4, -0.2) is 17.6 Å². The predicted octanol–water partition coefficient (Wildman–Crippen LogP) is 1.15. The summed E-state index contributed by atoms with van der Waals surface area (Å²) in [5.74, 6) is -0.469. The van der Waals surface area contributed by atoms with E-state index in [1.54, 1.807) is 26.0 Å². The van der Waals surface area contributed by atoms with Crippen LogP contribution < -0.4 is 5.73 Å². The number of ether oxygens (including phenoxy) is 1. The quantitative estimate of drug-likeness (QED) is 0.693. The van der Waals surface area contributed by atoms with Gasteiger partial charge in [-0.25, -0.2) is 9.78 Å². The molecule has 0 fully saturated rings. The maximum absolute atomic E-state index is 11.3. The number of esters is 1. The Morgan fingerprint density at radius 2 is 2.31 bits per heavy atom. The molecule has 0 unspecified atom stereocenters. The number of nitrogens with two attached hydrogens (primary N) is 1. The number of rotatable bonds is 2. The molecule has 0 atom stereocenters.